The maximum Gasteiger partial charge on any atom is 0.328 e. The Kier molecular flexibility index (Phi) is 5.41. The summed E-state index contributed by atoms with van der Waals surface area (Å²) < 4.78 is 5.17. The maximum atomic E-state index is 12.5. The summed E-state index contributed by atoms with van der Waals surface area (Å²) in [4.78, 5) is 29.1. The molecule has 0 aromatic carbocycles. The van der Waals surface area contributed by atoms with Crippen LogP contribution in [0.25, 0.3) is 0 Å². The molecule has 2 fully saturated rings. The van der Waals surface area contributed by atoms with Crippen molar-refractivity contribution < 1.29 is 19.4 Å². The Hall–Kier alpha value is -1.34. The number of rotatable bonds is 3. The lowest BCUT2D eigenvalue weighted by Gasteiger charge is -2.39. The minimum absolute atomic E-state index is 0.0815. The Morgan fingerprint density at radius 1 is 1.24 bits per heavy atom. The number of urea groups is 1. The number of carboxylic acid groups (broad SMARTS) is 1. The highest BCUT2D eigenvalue weighted by Crippen LogP contribution is 2.20. The predicted octanol–water partition coefficient (Wildman–Crippen LogP) is 0.165. The van der Waals surface area contributed by atoms with Crippen LogP contribution in [0.3, 0.4) is 0 Å². The summed E-state index contributed by atoms with van der Waals surface area (Å²) in [5.74, 6) is -0.380. The molecule has 1 N–H and O–H groups in total. The Bertz CT molecular complexity index is 380. The van der Waals surface area contributed by atoms with Crippen LogP contribution in [-0.2, 0) is 9.53 Å². The van der Waals surface area contributed by atoms with Crippen molar-refractivity contribution in [3.8, 4) is 0 Å². The van der Waals surface area contributed by atoms with E-state index in [0.29, 0.717) is 32.2 Å². The standard InChI is InChI=1S/C14H25N3O4/c1-15(2)9-11-3-5-16(6-4-11)14(20)17-7-8-21-10-12(17)13(18)19/h11-12H,3-10H2,1-2H3,(H,18,19). The second-order valence-corrected chi connectivity index (χ2v) is 6.10. The first-order chi connectivity index (χ1) is 9.99. The van der Waals surface area contributed by atoms with Crippen LogP contribution in [0.15, 0.2) is 0 Å². The molecule has 0 bridgehead atoms. The van der Waals surface area contributed by atoms with Crippen molar-refractivity contribution in [1.82, 2.24) is 14.7 Å². The number of piperidine rings is 1. The number of carbonyl (C=O) groups excluding carboxylic acids is 1. The molecule has 2 amide bonds. The smallest absolute Gasteiger partial charge is 0.328 e. The topological polar surface area (TPSA) is 73.3 Å². The van der Waals surface area contributed by atoms with E-state index in [1.54, 1.807) is 4.90 Å². The van der Waals surface area contributed by atoms with Crippen molar-refractivity contribution in [3.05, 3.63) is 0 Å². The van der Waals surface area contributed by atoms with Gasteiger partial charge in [0.25, 0.3) is 0 Å². The third-order valence-electron chi connectivity index (χ3n) is 4.17. The molecule has 2 rings (SSSR count). The van der Waals surface area contributed by atoms with Crippen molar-refractivity contribution in [2.75, 3.05) is 53.5 Å². The Labute approximate surface area is 125 Å². The van der Waals surface area contributed by atoms with E-state index in [4.69, 9.17) is 4.74 Å². The molecule has 0 aromatic rings. The number of morpholine rings is 1. The predicted molar refractivity (Wildman–Crippen MR) is 77.2 cm³/mol. The molecule has 1 unspecified atom stereocenters. The molecule has 2 heterocycles. The fraction of sp³-hybridized carbons (Fsp3) is 0.857. The van der Waals surface area contributed by atoms with Gasteiger partial charge in [-0.15, -0.1) is 0 Å². The first kappa shape index (κ1) is 16.0. The second-order valence-electron chi connectivity index (χ2n) is 6.10. The number of likely N-dealkylation sites (tertiary alicyclic amines) is 1. The molecule has 1 atom stereocenters. The molecular weight excluding hydrogens is 274 g/mol. The van der Waals surface area contributed by atoms with Crippen LogP contribution >= 0.6 is 0 Å². The third-order valence-corrected chi connectivity index (χ3v) is 4.17. The lowest BCUT2D eigenvalue weighted by atomic mass is 9.96. The van der Waals surface area contributed by atoms with Gasteiger partial charge >= 0.3 is 12.0 Å². The molecule has 0 spiro atoms. The van der Waals surface area contributed by atoms with Crippen LogP contribution in [0, 0.1) is 5.92 Å². The maximum absolute atomic E-state index is 12.5. The van der Waals surface area contributed by atoms with E-state index in [1.165, 1.54) is 4.90 Å². The molecule has 21 heavy (non-hydrogen) atoms. The van der Waals surface area contributed by atoms with E-state index < -0.39 is 12.0 Å². The molecule has 7 nitrogen and oxygen atoms in total. The molecular formula is C14H25N3O4. The van der Waals surface area contributed by atoms with Crippen LogP contribution < -0.4 is 0 Å². The van der Waals surface area contributed by atoms with Crippen LogP contribution in [0.5, 0.6) is 0 Å². The van der Waals surface area contributed by atoms with Crippen molar-refractivity contribution in [3.63, 3.8) is 0 Å². The van der Waals surface area contributed by atoms with Crippen LogP contribution in [0.1, 0.15) is 12.8 Å². The fourth-order valence-electron chi connectivity index (χ4n) is 3.04. The fourth-order valence-corrected chi connectivity index (χ4v) is 3.04. The number of carboxylic acids is 1. The molecule has 0 saturated carbocycles. The Morgan fingerprint density at radius 2 is 1.90 bits per heavy atom. The zero-order valence-corrected chi connectivity index (χ0v) is 12.8. The number of hydrogen-bond acceptors (Lipinski definition) is 4. The summed E-state index contributed by atoms with van der Waals surface area (Å²) >= 11 is 0. The zero-order valence-electron chi connectivity index (χ0n) is 12.8. The summed E-state index contributed by atoms with van der Waals surface area (Å²) in [6.45, 7) is 3.30. The number of nitrogens with zero attached hydrogens (tertiary/aromatic N) is 3. The van der Waals surface area contributed by atoms with Crippen molar-refractivity contribution in [2.24, 2.45) is 5.92 Å². The largest absolute Gasteiger partial charge is 0.480 e. The van der Waals surface area contributed by atoms with Gasteiger partial charge in [-0.1, -0.05) is 0 Å². The molecule has 0 aromatic heterocycles. The van der Waals surface area contributed by atoms with Gasteiger partial charge in [0.2, 0.25) is 0 Å². The summed E-state index contributed by atoms with van der Waals surface area (Å²) in [7, 11) is 4.12. The summed E-state index contributed by atoms with van der Waals surface area (Å²) in [6.07, 6.45) is 1.96. The second kappa shape index (κ2) is 7.09. The molecule has 2 aliphatic rings. The molecule has 2 aliphatic heterocycles. The van der Waals surface area contributed by atoms with E-state index in [-0.39, 0.29) is 12.6 Å². The van der Waals surface area contributed by atoms with Gasteiger partial charge in [-0.05, 0) is 32.9 Å². The van der Waals surface area contributed by atoms with Crippen molar-refractivity contribution >= 4 is 12.0 Å². The van der Waals surface area contributed by atoms with Crippen LogP contribution in [-0.4, -0.2) is 91.3 Å². The SMILES string of the molecule is CN(C)CC1CCN(C(=O)N2CCOCC2C(=O)O)CC1. The van der Waals surface area contributed by atoms with Gasteiger partial charge in [0, 0.05) is 26.2 Å². The Balaban J connectivity index is 1.90. The minimum Gasteiger partial charge on any atom is -0.480 e. The average molecular weight is 299 g/mol. The number of carbonyl (C=O) groups is 2. The van der Waals surface area contributed by atoms with Gasteiger partial charge in [0.1, 0.15) is 0 Å². The monoisotopic (exact) mass is 299 g/mol. The first-order valence-electron chi connectivity index (χ1n) is 7.50. The van der Waals surface area contributed by atoms with Crippen molar-refractivity contribution in [1.29, 1.82) is 0 Å². The van der Waals surface area contributed by atoms with Crippen LogP contribution in [0.4, 0.5) is 4.79 Å². The lowest BCUT2D eigenvalue weighted by Crippen LogP contribution is -2.57. The molecule has 120 valence electrons. The zero-order chi connectivity index (χ0) is 15.4. The minimum atomic E-state index is -0.995. The summed E-state index contributed by atoms with van der Waals surface area (Å²) in [6, 6.07) is -1.01. The normalized spacial score (nSPS) is 24.4. The molecule has 0 radical (unpaired) electrons. The van der Waals surface area contributed by atoms with Gasteiger partial charge in [0.15, 0.2) is 6.04 Å². The van der Waals surface area contributed by atoms with E-state index in [0.717, 1.165) is 19.4 Å². The third kappa shape index (κ3) is 4.07. The van der Waals surface area contributed by atoms with Gasteiger partial charge in [0.05, 0.1) is 13.2 Å². The highest BCUT2D eigenvalue weighted by Gasteiger charge is 2.36. The number of hydrogen-bond donors (Lipinski definition) is 1. The van der Waals surface area contributed by atoms with Gasteiger partial charge < -0.3 is 24.5 Å². The number of amides is 2. The van der Waals surface area contributed by atoms with Gasteiger partial charge in [-0.25, -0.2) is 9.59 Å². The lowest BCUT2D eigenvalue weighted by molar-refractivity contribution is -0.147. The van der Waals surface area contributed by atoms with Crippen molar-refractivity contribution in [2.45, 2.75) is 18.9 Å². The molecule has 0 aliphatic carbocycles. The van der Waals surface area contributed by atoms with E-state index in [2.05, 4.69) is 19.0 Å². The molecule has 7 heteroatoms. The van der Waals surface area contributed by atoms with Gasteiger partial charge in [-0.2, -0.15) is 0 Å². The van der Waals surface area contributed by atoms with Crippen LogP contribution in [0.2, 0.25) is 0 Å². The highest BCUT2D eigenvalue weighted by atomic mass is 16.5. The van der Waals surface area contributed by atoms with Gasteiger partial charge in [-0.3, -0.25) is 0 Å². The first-order valence-corrected chi connectivity index (χ1v) is 7.50. The summed E-state index contributed by atoms with van der Waals surface area (Å²) in [5.41, 5.74) is 0. The number of aliphatic carboxylic acids is 1. The summed E-state index contributed by atoms with van der Waals surface area (Å²) in [5, 5.41) is 9.20. The average Bonchev–Trinajstić information content (AvgIpc) is 2.46. The van der Waals surface area contributed by atoms with E-state index >= 15 is 0 Å². The molecule has 2 saturated heterocycles. The van der Waals surface area contributed by atoms with E-state index in [1.807, 2.05) is 0 Å². The number of ether oxygens (including phenoxy) is 1. The Morgan fingerprint density at radius 3 is 2.48 bits per heavy atom. The quantitative estimate of drug-likeness (QED) is 0.804. The highest BCUT2D eigenvalue weighted by molar-refractivity contribution is 5.83. The van der Waals surface area contributed by atoms with E-state index in [9.17, 15) is 14.7 Å².